The van der Waals surface area contributed by atoms with Crippen molar-refractivity contribution >= 4 is 33.1 Å². The summed E-state index contributed by atoms with van der Waals surface area (Å²) >= 11 is 1.79. The van der Waals surface area contributed by atoms with Gasteiger partial charge in [-0.3, -0.25) is 0 Å². The highest BCUT2D eigenvalue weighted by atomic mass is 32.1. The molecule has 1 atom stereocenters. The third kappa shape index (κ3) is 3.09. The summed E-state index contributed by atoms with van der Waals surface area (Å²) in [6.45, 7) is 9.64. The molecule has 0 spiro atoms. The maximum atomic E-state index is 4.63. The molecule has 3 heterocycles. The molecular formula is C20H24N4S. The number of benzene rings is 1. The number of piperazine rings is 1. The highest BCUT2D eigenvalue weighted by Crippen LogP contribution is 2.32. The van der Waals surface area contributed by atoms with Crippen LogP contribution >= 0.6 is 11.3 Å². The van der Waals surface area contributed by atoms with Gasteiger partial charge < -0.3 is 9.80 Å². The molecule has 0 amide bonds. The van der Waals surface area contributed by atoms with Crippen LogP contribution in [0.15, 0.2) is 36.7 Å². The van der Waals surface area contributed by atoms with Crippen LogP contribution in [-0.2, 0) is 6.42 Å². The number of fused-ring (bicyclic) bond motifs is 1. The van der Waals surface area contributed by atoms with Crippen LogP contribution in [0.3, 0.4) is 0 Å². The average Bonchev–Trinajstić information content (AvgIpc) is 3.05. The second-order valence-electron chi connectivity index (χ2n) is 6.81. The molecule has 0 unspecified atom stereocenters. The lowest BCUT2D eigenvalue weighted by molar-refractivity contribution is 0.548. The van der Waals surface area contributed by atoms with Crippen LogP contribution in [0.1, 0.15) is 24.3 Å². The lowest BCUT2D eigenvalue weighted by Gasteiger charge is -2.42. The molecule has 25 heavy (non-hydrogen) atoms. The maximum Gasteiger partial charge on any atom is 0.140 e. The van der Waals surface area contributed by atoms with Crippen LogP contribution in [0, 0.1) is 6.92 Å². The first-order valence-corrected chi connectivity index (χ1v) is 9.79. The Morgan fingerprint density at radius 1 is 1.20 bits per heavy atom. The van der Waals surface area contributed by atoms with E-state index in [1.54, 1.807) is 17.7 Å². The van der Waals surface area contributed by atoms with Gasteiger partial charge in [0.25, 0.3) is 0 Å². The Morgan fingerprint density at radius 2 is 2.08 bits per heavy atom. The Morgan fingerprint density at radius 3 is 2.84 bits per heavy atom. The summed E-state index contributed by atoms with van der Waals surface area (Å²) < 4.78 is 0. The van der Waals surface area contributed by atoms with E-state index in [-0.39, 0.29) is 0 Å². The smallest absolute Gasteiger partial charge is 0.140 e. The largest absolute Gasteiger partial charge is 0.365 e. The van der Waals surface area contributed by atoms with E-state index in [9.17, 15) is 0 Å². The van der Waals surface area contributed by atoms with E-state index in [1.165, 1.54) is 21.5 Å². The van der Waals surface area contributed by atoms with Crippen molar-refractivity contribution in [3.8, 4) is 0 Å². The van der Waals surface area contributed by atoms with Crippen LogP contribution in [0.2, 0.25) is 0 Å². The quantitative estimate of drug-likeness (QED) is 0.704. The Balaban J connectivity index is 1.59. The molecule has 0 radical (unpaired) electrons. The van der Waals surface area contributed by atoms with Crippen LogP contribution in [0.4, 0.5) is 11.5 Å². The van der Waals surface area contributed by atoms with E-state index in [4.69, 9.17) is 0 Å². The zero-order valence-corrected chi connectivity index (χ0v) is 15.9. The Labute approximate surface area is 153 Å². The number of aromatic nitrogens is 2. The molecule has 0 N–H and O–H groups in total. The molecule has 0 saturated carbocycles. The topological polar surface area (TPSA) is 32.3 Å². The van der Waals surface area contributed by atoms with Crippen molar-refractivity contribution in [2.75, 3.05) is 29.4 Å². The van der Waals surface area contributed by atoms with Gasteiger partial charge in [0.2, 0.25) is 0 Å². The number of aryl methyl sites for hydroxylation is 2. The first kappa shape index (κ1) is 16.3. The summed E-state index contributed by atoms with van der Waals surface area (Å²) in [7, 11) is 0. The van der Waals surface area contributed by atoms with Gasteiger partial charge in [-0.05, 0) is 44.0 Å². The zero-order chi connectivity index (χ0) is 17.4. The third-order valence-corrected chi connectivity index (χ3v) is 6.16. The van der Waals surface area contributed by atoms with Gasteiger partial charge in [0, 0.05) is 36.2 Å². The highest BCUT2D eigenvalue weighted by Gasteiger charge is 2.26. The third-order valence-electron chi connectivity index (χ3n) is 4.97. The van der Waals surface area contributed by atoms with Crippen molar-refractivity contribution in [1.29, 1.82) is 0 Å². The summed E-state index contributed by atoms with van der Waals surface area (Å²) in [5.41, 5.74) is 2.64. The van der Waals surface area contributed by atoms with E-state index in [0.717, 1.165) is 36.7 Å². The predicted octanol–water partition coefficient (Wildman–Crippen LogP) is 4.28. The fraction of sp³-hybridized carbons (Fsp3) is 0.400. The van der Waals surface area contributed by atoms with Crippen LogP contribution in [0.25, 0.3) is 10.2 Å². The van der Waals surface area contributed by atoms with Crippen LogP contribution in [-0.4, -0.2) is 35.6 Å². The van der Waals surface area contributed by atoms with Gasteiger partial charge in [0.05, 0.1) is 5.39 Å². The second-order valence-corrected chi connectivity index (χ2v) is 7.93. The SMILES string of the molecule is CCc1cc2c(N3CCN(c4cccc(C)c4)[C@H](C)C3)ncnc2s1. The second kappa shape index (κ2) is 6.64. The maximum absolute atomic E-state index is 4.63. The van der Waals surface area contributed by atoms with Gasteiger partial charge in [-0.25, -0.2) is 9.97 Å². The van der Waals surface area contributed by atoms with Gasteiger partial charge in [-0.2, -0.15) is 0 Å². The monoisotopic (exact) mass is 352 g/mol. The molecule has 0 bridgehead atoms. The molecule has 1 aromatic carbocycles. The molecule has 1 aliphatic rings. The number of thiophene rings is 1. The fourth-order valence-corrected chi connectivity index (χ4v) is 4.59. The first-order valence-electron chi connectivity index (χ1n) is 8.97. The molecule has 2 aromatic heterocycles. The van der Waals surface area contributed by atoms with E-state index < -0.39 is 0 Å². The van der Waals surface area contributed by atoms with Crippen LogP contribution in [0.5, 0.6) is 0 Å². The number of nitrogens with zero attached hydrogens (tertiary/aromatic N) is 4. The fourth-order valence-electron chi connectivity index (χ4n) is 3.66. The molecule has 4 rings (SSSR count). The molecule has 5 heteroatoms. The molecule has 130 valence electrons. The summed E-state index contributed by atoms with van der Waals surface area (Å²) in [5, 5.41) is 1.21. The van der Waals surface area contributed by atoms with Gasteiger partial charge >= 0.3 is 0 Å². The lowest BCUT2D eigenvalue weighted by Crippen LogP contribution is -2.52. The Bertz CT molecular complexity index is 888. The van der Waals surface area contributed by atoms with Crippen molar-refractivity contribution in [2.45, 2.75) is 33.2 Å². The van der Waals surface area contributed by atoms with Gasteiger partial charge in [-0.1, -0.05) is 19.1 Å². The molecule has 1 fully saturated rings. The number of rotatable bonds is 3. The van der Waals surface area contributed by atoms with E-state index >= 15 is 0 Å². The van der Waals surface area contributed by atoms with Crippen LogP contribution < -0.4 is 9.80 Å². The number of hydrogen-bond acceptors (Lipinski definition) is 5. The zero-order valence-electron chi connectivity index (χ0n) is 15.1. The van der Waals surface area contributed by atoms with E-state index in [2.05, 4.69) is 70.9 Å². The normalized spacial score (nSPS) is 18.1. The van der Waals surface area contributed by atoms with Gasteiger partial charge in [-0.15, -0.1) is 11.3 Å². The minimum Gasteiger partial charge on any atom is -0.365 e. The standard InChI is InChI=1S/C20H24N4S/c1-4-17-11-18-19(21-13-22-20(18)25-17)23-8-9-24(15(3)12-23)16-7-5-6-14(2)10-16/h5-7,10-11,13,15H,4,8-9,12H2,1-3H3/t15-/m1/s1. The molecule has 1 saturated heterocycles. The minimum atomic E-state index is 0.449. The predicted molar refractivity (Wildman–Crippen MR) is 107 cm³/mol. The van der Waals surface area contributed by atoms with Gasteiger partial charge in [0.1, 0.15) is 17.0 Å². The summed E-state index contributed by atoms with van der Waals surface area (Å²) in [6.07, 6.45) is 2.77. The Hall–Kier alpha value is -2.14. The highest BCUT2D eigenvalue weighted by molar-refractivity contribution is 7.18. The molecule has 0 aliphatic carbocycles. The van der Waals surface area contributed by atoms with Crippen molar-refractivity contribution in [3.63, 3.8) is 0 Å². The molecule has 3 aromatic rings. The van der Waals surface area contributed by atoms with Crippen molar-refractivity contribution < 1.29 is 0 Å². The lowest BCUT2D eigenvalue weighted by atomic mass is 10.1. The van der Waals surface area contributed by atoms with Crippen molar-refractivity contribution in [1.82, 2.24) is 9.97 Å². The average molecular weight is 353 g/mol. The Kier molecular flexibility index (Phi) is 4.34. The van der Waals surface area contributed by atoms with Crippen molar-refractivity contribution in [2.24, 2.45) is 0 Å². The molecule has 4 nitrogen and oxygen atoms in total. The van der Waals surface area contributed by atoms with Crippen molar-refractivity contribution in [3.05, 3.63) is 47.1 Å². The van der Waals surface area contributed by atoms with E-state index in [0.29, 0.717) is 6.04 Å². The summed E-state index contributed by atoms with van der Waals surface area (Å²) in [6, 6.07) is 11.5. The molecular weight excluding hydrogens is 328 g/mol. The first-order chi connectivity index (χ1) is 12.2. The summed E-state index contributed by atoms with van der Waals surface area (Å²) in [4.78, 5) is 16.5. The number of anilines is 2. The summed E-state index contributed by atoms with van der Waals surface area (Å²) in [5.74, 6) is 1.09. The number of hydrogen-bond donors (Lipinski definition) is 0. The van der Waals surface area contributed by atoms with E-state index in [1.807, 2.05) is 0 Å². The van der Waals surface area contributed by atoms with Gasteiger partial charge in [0.15, 0.2) is 0 Å². The minimum absolute atomic E-state index is 0.449. The molecule has 1 aliphatic heterocycles.